The fourth-order valence-electron chi connectivity index (χ4n) is 0.978. The molecule has 0 amide bonds. The number of nitrogens with zero attached hydrogens (tertiary/aromatic N) is 1. The Morgan fingerprint density at radius 2 is 2.06 bits per heavy atom. The number of ether oxygens (including phenoxy) is 1. The molecule has 0 aliphatic rings. The van der Waals surface area contributed by atoms with Crippen LogP contribution in [-0.4, -0.2) is 17.7 Å². The van der Waals surface area contributed by atoms with Crippen molar-refractivity contribution in [1.29, 1.82) is 0 Å². The van der Waals surface area contributed by atoms with Gasteiger partial charge in [-0.2, -0.15) is 5.10 Å². The second-order valence-electron chi connectivity index (χ2n) is 3.10. The predicted molar refractivity (Wildman–Crippen MR) is 64.7 cm³/mol. The van der Waals surface area contributed by atoms with Crippen LogP contribution in [0.1, 0.15) is 12.5 Å². The van der Waals surface area contributed by atoms with Gasteiger partial charge < -0.3 is 4.74 Å². The predicted octanol–water partition coefficient (Wildman–Crippen LogP) is 2.52. The third-order valence-electron chi connectivity index (χ3n) is 1.78. The summed E-state index contributed by atoms with van der Waals surface area (Å²) in [5.74, 6) is -0.635. The Labute approximate surface area is 99.2 Å². The molecule has 86 valence electrons. The van der Waals surface area contributed by atoms with Gasteiger partial charge in [0.1, 0.15) is 0 Å². The van der Waals surface area contributed by atoms with Gasteiger partial charge in [-0.3, -0.25) is 5.43 Å². The number of carbonyl (C=O) groups is 1. The van der Waals surface area contributed by atoms with E-state index in [1.165, 1.54) is 0 Å². The minimum absolute atomic E-state index is 0.220. The SMILES string of the molecule is CCOC(=O)/C(Cl)=N/Nc1ccc(C)cc1. The molecule has 0 unspecified atom stereocenters. The third kappa shape index (κ3) is 3.90. The number of nitrogens with one attached hydrogen (secondary N) is 1. The van der Waals surface area contributed by atoms with Crippen LogP contribution < -0.4 is 5.43 Å². The molecular formula is C11H13ClN2O2. The molecule has 1 aromatic carbocycles. The average molecular weight is 241 g/mol. The minimum atomic E-state index is -0.635. The van der Waals surface area contributed by atoms with E-state index in [0.717, 1.165) is 11.3 Å². The first-order chi connectivity index (χ1) is 7.63. The first-order valence-corrected chi connectivity index (χ1v) is 5.24. The smallest absolute Gasteiger partial charge is 0.370 e. The number of hydrogen-bond donors (Lipinski definition) is 1. The van der Waals surface area contributed by atoms with Crippen molar-refractivity contribution in [3.63, 3.8) is 0 Å². The standard InChI is InChI=1S/C11H13ClN2O2/c1-3-16-11(15)10(12)14-13-9-6-4-8(2)5-7-9/h4-7,13H,3H2,1-2H3/b14-10-. The van der Waals surface area contributed by atoms with E-state index in [1.54, 1.807) is 6.92 Å². The van der Waals surface area contributed by atoms with Crippen LogP contribution in [0, 0.1) is 6.92 Å². The van der Waals surface area contributed by atoms with E-state index in [1.807, 2.05) is 31.2 Å². The lowest BCUT2D eigenvalue weighted by molar-refractivity contribution is -0.134. The summed E-state index contributed by atoms with van der Waals surface area (Å²) in [6, 6.07) is 7.54. The third-order valence-corrected chi connectivity index (χ3v) is 2.02. The molecule has 0 fully saturated rings. The molecule has 16 heavy (non-hydrogen) atoms. The second-order valence-corrected chi connectivity index (χ2v) is 3.46. The van der Waals surface area contributed by atoms with E-state index in [0.29, 0.717) is 0 Å². The zero-order chi connectivity index (χ0) is 12.0. The van der Waals surface area contributed by atoms with Crippen molar-refractivity contribution >= 4 is 28.4 Å². The molecule has 0 bridgehead atoms. The molecule has 0 heterocycles. The maximum absolute atomic E-state index is 11.1. The summed E-state index contributed by atoms with van der Waals surface area (Å²) in [6.45, 7) is 3.96. The summed E-state index contributed by atoms with van der Waals surface area (Å²) in [5.41, 5.74) is 4.57. The topological polar surface area (TPSA) is 50.7 Å². The van der Waals surface area contributed by atoms with Gasteiger partial charge in [0.25, 0.3) is 0 Å². The van der Waals surface area contributed by atoms with E-state index in [9.17, 15) is 4.79 Å². The van der Waals surface area contributed by atoms with Crippen LogP contribution in [0.25, 0.3) is 0 Å². The van der Waals surface area contributed by atoms with Crippen LogP contribution in [-0.2, 0) is 9.53 Å². The molecule has 0 aliphatic heterocycles. The number of hydrogen-bond acceptors (Lipinski definition) is 4. The van der Waals surface area contributed by atoms with E-state index in [-0.39, 0.29) is 11.8 Å². The highest BCUT2D eigenvalue weighted by molar-refractivity contribution is 6.82. The monoisotopic (exact) mass is 240 g/mol. The molecule has 1 N–H and O–H groups in total. The van der Waals surface area contributed by atoms with Crippen LogP contribution in [0.3, 0.4) is 0 Å². The summed E-state index contributed by atoms with van der Waals surface area (Å²) < 4.78 is 4.67. The van der Waals surface area contributed by atoms with Gasteiger partial charge in [0.15, 0.2) is 0 Å². The normalized spacial score (nSPS) is 11.1. The number of anilines is 1. The van der Waals surface area contributed by atoms with Crippen molar-refractivity contribution in [2.24, 2.45) is 5.10 Å². The number of esters is 1. The molecule has 0 atom stereocenters. The van der Waals surface area contributed by atoms with E-state index in [2.05, 4.69) is 15.3 Å². The van der Waals surface area contributed by atoms with Crippen molar-refractivity contribution in [3.05, 3.63) is 29.8 Å². The van der Waals surface area contributed by atoms with Gasteiger partial charge in [-0.05, 0) is 26.0 Å². The van der Waals surface area contributed by atoms with Gasteiger partial charge >= 0.3 is 5.97 Å². The van der Waals surface area contributed by atoms with Crippen LogP contribution in [0.15, 0.2) is 29.4 Å². The molecule has 0 aromatic heterocycles. The highest BCUT2D eigenvalue weighted by Gasteiger charge is 2.08. The Bertz CT molecular complexity index is 387. The van der Waals surface area contributed by atoms with Crippen LogP contribution in [0.2, 0.25) is 0 Å². The lowest BCUT2D eigenvalue weighted by atomic mass is 10.2. The van der Waals surface area contributed by atoms with Gasteiger partial charge in [0, 0.05) is 0 Å². The lowest BCUT2D eigenvalue weighted by Gasteiger charge is -2.02. The highest BCUT2D eigenvalue weighted by Crippen LogP contribution is 2.08. The quantitative estimate of drug-likeness (QED) is 0.500. The maximum atomic E-state index is 11.1. The van der Waals surface area contributed by atoms with E-state index < -0.39 is 5.97 Å². The van der Waals surface area contributed by atoms with Crippen molar-refractivity contribution < 1.29 is 9.53 Å². The molecule has 4 nitrogen and oxygen atoms in total. The Kier molecular flexibility index (Phi) is 4.79. The molecule has 0 radical (unpaired) electrons. The number of aryl methyl sites for hydroxylation is 1. The van der Waals surface area contributed by atoms with Crippen LogP contribution >= 0.6 is 11.6 Å². The molecule has 0 saturated carbocycles. The highest BCUT2D eigenvalue weighted by atomic mass is 35.5. The van der Waals surface area contributed by atoms with Crippen molar-refractivity contribution in [2.45, 2.75) is 13.8 Å². The summed E-state index contributed by atoms with van der Waals surface area (Å²) in [4.78, 5) is 11.1. The molecule has 1 rings (SSSR count). The Morgan fingerprint density at radius 1 is 1.44 bits per heavy atom. The summed E-state index contributed by atoms with van der Waals surface area (Å²) >= 11 is 5.60. The molecule has 0 saturated heterocycles. The van der Waals surface area contributed by atoms with Crippen LogP contribution in [0.4, 0.5) is 5.69 Å². The number of hydrazone groups is 1. The Balaban J connectivity index is 2.58. The fourth-order valence-corrected chi connectivity index (χ4v) is 1.07. The van der Waals surface area contributed by atoms with Crippen molar-refractivity contribution in [2.75, 3.05) is 12.0 Å². The zero-order valence-corrected chi connectivity index (χ0v) is 9.91. The van der Waals surface area contributed by atoms with Gasteiger partial charge in [-0.25, -0.2) is 4.79 Å². The largest absolute Gasteiger partial charge is 0.461 e. The molecular weight excluding hydrogens is 228 g/mol. The summed E-state index contributed by atoms with van der Waals surface area (Å²) in [7, 11) is 0. The van der Waals surface area contributed by atoms with Gasteiger partial charge in [-0.1, -0.05) is 29.3 Å². The maximum Gasteiger partial charge on any atom is 0.370 e. The number of halogens is 1. The summed E-state index contributed by atoms with van der Waals surface area (Å²) in [5, 5.41) is 3.48. The van der Waals surface area contributed by atoms with Gasteiger partial charge in [0.2, 0.25) is 5.17 Å². The Morgan fingerprint density at radius 3 is 2.62 bits per heavy atom. The first kappa shape index (κ1) is 12.5. The van der Waals surface area contributed by atoms with Crippen molar-refractivity contribution in [3.8, 4) is 0 Å². The number of rotatable bonds is 4. The fraction of sp³-hybridized carbons (Fsp3) is 0.273. The van der Waals surface area contributed by atoms with Gasteiger partial charge in [-0.15, -0.1) is 0 Å². The first-order valence-electron chi connectivity index (χ1n) is 4.86. The number of benzene rings is 1. The molecule has 5 heteroatoms. The minimum Gasteiger partial charge on any atom is -0.461 e. The van der Waals surface area contributed by atoms with E-state index >= 15 is 0 Å². The second kappa shape index (κ2) is 6.12. The van der Waals surface area contributed by atoms with E-state index in [4.69, 9.17) is 11.6 Å². The number of carbonyl (C=O) groups excluding carboxylic acids is 1. The zero-order valence-electron chi connectivity index (χ0n) is 9.16. The average Bonchev–Trinajstić information content (AvgIpc) is 2.28. The van der Waals surface area contributed by atoms with Crippen molar-refractivity contribution in [1.82, 2.24) is 0 Å². The molecule has 0 aliphatic carbocycles. The van der Waals surface area contributed by atoms with Gasteiger partial charge in [0.05, 0.1) is 12.3 Å². The lowest BCUT2D eigenvalue weighted by Crippen LogP contribution is -2.13. The van der Waals surface area contributed by atoms with Crippen LogP contribution in [0.5, 0.6) is 0 Å². The summed E-state index contributed by atoms with van der Waals surface area (Å²) in [6.07, 6.45) is 0. The molecule has 0 spiro atoms. The molecule has 1 aromatic rings. The Hall–Kier alpha value is -1.55.